The van der Waals surface area contributed by atoms with E-state index in [0.29, 0.717) is 23.8 Å². The molecule has 28 heavy (non-hydrogen) atoms. The maximum Gasteiger partial charge on any atom is 0.220 e. The second-order valence-electron chi connectivity index (χ2n) is 7.39. The van der Waals surface area contributed by atoms with Crippen molar-refractivity contribution in [3.63, 3.8) is 0 Å². The Morgan fingerprint density at radius 3 is 2.68 bits per heavy atom. The Morgan fingerprint density at radius 1 is 1.29 bits per heavy atom. The maximum absolute atomic E-state index is 11.9. The SMILES string of the molecule is CC(=O)N1[C@H](C)CN(c2nc(-c3c[nH]c4ncc(Cl)cc34)ccc2N)C[C@@H]1C. The van der Waals surface area contributed by atoms with E-state index >= 15 is 0 Å². The van der Waals surface area contributed by atoms with Crippen LogP contribution in [0, 0.1) is 0 Å². The van der Waals surface area contributed by atoms with Gasteiger partial charge < -0.3 is 20.5 Å². The molecule has 0 radical (unpaired) electrons. The molecule has 0 unspecified atom stereocenters. The number of nitrogens with one attached hydrogen (secondary N) is 1. The number of rotatable bonds is 2. The van der Waals surface area contributed by atoms with Crippen LogP contribution in [0.1, 0.15) is 20.8 Å². The van der Waals surface area contributed by atoms with E-state index in [1.54, 1.807) is 13.1 Å². The summed E-state index contributed by atoms with van der Waals surface area (Å²) in [7, 11) is 0. The molecule has 0 aliphatic carbocycles. The first-order valence-electron chi connectivity index (χ1n) is 9.28. The number of nitrogen functional groups attached to an aromatic ring is 1. The Kier molecular flexibility index (Phi) is 4.63. The van der Waals surface area contributed by atoms with Gasteiger partial charge in [0.1, 0.15) is 5.65 Å². The van der Waals surface area contributed by atoms with Crippen LogP contribution in [-0.2, 0) is 4.79 Å². The lowest BCUT2D eigenvalue weighted by Gasteiger charge is -2.44. The first kappa shape index (κ1) is 18.6. The summed E-state index contributed by atoms with van der Waals surface area (Å²) in [6.45, 7) is 7.10. The molecule has 4 rings (SSSR count). The number of piperazine rings is 1. The molecule has 8 heteroatoms. The van der Waals surface area contributed by atoms with E-state index in [4.69, 9.17) is 22.3 Å². The van der Waals surface area contributed by atoms with Gasteiger partial charge in [0.15, 0.2) is 5.82 Å². The van der Waals surface area contributed by atoms with E-state index in [9.17, 15) is 4.79 Å². The summed E-state index contributed by atoms with van der Waals surface area (Å²) in [5, 5.41) is 1.49. The molecule has 2 atom stereocenters. The molecular weight excluding hydrogens is 376 g/mol. The zero-order valence-corrected chi connectivity index (χ0v) is 16.9. The molecule has 0 bridgehead atoms. The number of hydrogen-bond donors (Lipinski definition) is 2. The van der Waals surface area contributed by atoms with Crippen LogP contribution in [0.2, 0.25) is 5.02 Å². The predicted molar refractivity (Wildman–Crippen MR) is 112 cm³/mol. The minimum absolute atomic E-state index is 0.0854. The first-order valence-corrected chi connectivity index (χ1v) is 9.66. The number of amides is 1. The number of halogens is 1. The third-order valence-electron chi connectivity index (χ3n) is 5.26. The average molecular weight is 399 g/mol. The summed E-state index contributed by atoms with van der Waals surface area (Å²) >= 11 is 6.13. The van der Waals surface area contributed by atoms with Crippen LogP contribution in [0.15, 0.2) is 30.6 Å². The predicted octanol–water partition coefficient (Wildman–Crippen LogP) is 3.31. The summed E-state index contributed by atoms with van der Waals surface area (Å²) in [5.74, 6) is 0.834. The molecule has 1 fully saturated rings. The lowest BCUT2D eigenvalue weighted by molar-refractivity contribution is -0.133. The summed E-state index contributed by atoms with van der Waals surface area (Å²) in [4.78, 5) is 28.4. The van der Waals surface area contributed by atoms with E-state index in [0.717, 1.165) is 28.1 Å². The fourth-order valence-corrected chi connectivity index (χ4v) is 4.33. The van der Waals surface area contributed by atoms with Gasteiger partial charge in [0.2, 0.25) is 5.91 Å². The van der Waals surface area contributed by atoms with Crippen molar-refractivity contribution in [2.24, 2.45) is 0 Å². The van der Waals surface area contributed by atoms with Crippen LogP contribution in [0.25, 0.3) is 22.3 Å². The second-order valence-corrected chi connectivity index (χ2v) is 7.83. The summed E-state index contributed by atoms with van der Waals surface area (Å²) in [6.07, 6.45) is 3.50. The zero-order valence-electron chi connectivity index (χ0n) is 16.1. The maximum atomic E-state index is 11.9. The van der Waals surface area contributed by atoms with Crippen LogP contribution < -0.4 is 10.6 Å². The number of H-pyrrole nitrogens is 1. The monoisotopic (exact) mass is 398 g/mol. The highest BCUT2D eigenvalue weighted by molar-refractivity contribution is 6.31. The van der Waals surface area contributed by atoms with Gasteiger partial charge in [-0.05, 0) is 32.0 Å². The first-order chi connectivity index (χ1) is 13.3. The number of pyridine rings is 2. The Labute approximate surface area is 168 Å². The van der Waals surface area contributed by atoms with Crippen LogP contribution in [0.3, 0.4) is 0 Å². The number of aromatic amines is 1. The van der Waals surface area contributed by atoms with Crippen molar-refractivity contribution in [3.05, 3.63) is 35.6 Å². The highest BCUT2D eigenvalue weighted by Gasteiger charge is 2.32. The van der Waals surface area contributed by atoms with E-state index in [-0.39, 0.29) is 18.0 Å². The lowest BCUT2D eigenvalue weighted by atomic mass is 10.1. The molecule has 4 heterocycles. The molecule has 7 nitrogen and oxygen atoms in total. The molecule has 1 saturated heterocycles. The quantitative estimate of drug-likeness (QED) is 0.691. The highest BCUT2D eigenvalue weighted by atomic mass is 35.5. The van der Waals surface area contributed by atoms with Crippen molar-refractivity contribution in [2.45, 2.75) is 32.9 Å². The molecule has 3 aromatic heterocycles. The number of aromatic nitrogens is 3. The van der Waals surface area contributed by atoms with Gasteiger partial charge in [-0.2, -0.15) is 0 Å². The van der Waals surface area contributed by atoms with Crippen LogP contribution in [0.5, 0.6) is 0 Å². The number of hydrogen-bond acceptors (Lipinski definition) is 5. The van der Waals surface area contributed by atoms with E-state index < -0.39 is 0 Å². The van der Waals surface area contributed by atoms with Crippen molar-refractivity contribution in [1.29, 1.82) is 0 Å². The van der Waals surface area contributed by atoms with Gasteiger partial charge in [-0.1, -0.05) is 11.6 Å². The number of carbonyl (C=O) groups is 1. The lowest BCUT2D eigenvalue weighted by Crippen LogP contribution is -2.58. The molecule has 0 spiro atoms. The molecule has 1 aliphatic heterocycles. The number of carbonyl (C=O) groups excluding carboxylic acids is 1. The van der Waals surface area contributed by atoms with Gasteiger partial charge in [-0.15, -0.1) is 0 Å². The standard InChI is InChI=1S/C20H23ClN6O/c1-11-9-26(10-12(2)27(11)13(3)28)20-17(22)4-5-18(25-20)16-8-24-19-15(16)6-14(21)7-23-19/h4-8,11-12H,9-10,22H2,1-3H3,(H,23,24)/t11-,12+. The van der Waals surface area contributed by atoms with E-state index in [2.05, 4.69) is 28.7 Å². The molecule has 1 amide bonds. The van der Waals surface area contributed by atoms with Crippen LogP contribution >= 0.6 is 11.6 Å². The fourth-order valence-electron chi connectivity index (χ4n) is 4.17. The van der Waals surface area contributed by atoms with E-state index in [1.165, 1.54) is 0 Å². The number of anilines is 2. The van der Waals surface area contributed by atoms with Gasteiger partial charge in [-0.25, -0.2) is 9.97 Å². The Hall–Kier alpha value is -2.80. The van der Waals surface area contributed by atoms with Gasteiger partial charge in [-0.3, -0.25) is 4.79 Å². The summed E-state index contributed by atoms with van der Waals surface area (Å²) in [5.41, 5.74) is 9.38. The van der Waals surface area contributed by atoms with Crippen molar-refractivity contribution in [2.75, 3.05) is 23.7 Å². The van der Waals surface area contributed by atoms with E-state index in [1.807, 2.05) is 29.3 Å². The molecule has 0 aromatic carbocycles. The van der Waals surface area contributed by atoms with Crippen molar-refractivity contribution >= 4 is 40.0 Å². The largest absolute Gasteiger partial charge is 0.396 e. The molecule has 3 N–H and O–H groups in total. The van der Waals surface area contributed by atoms with Gasteiger partial charge >= 0.3 is 0 Å². The molecule has 0 saturated carbocycles. The normalized spacial score (nSPS) is 20.0. The van der Waals surface area contributed by atoms with Gasteiger partial charge in [0.25, 0.3) is 0 Å². The van der Waals surface area contributed by atoms with Crippen molar-refractivity contribution in [1.82, 2.24) is 19.9 Å². The van der Waals surface area contributed by atoms with Gasteiger partial charge in [0, 0.05) is 55.4 Å². The summed E-state index contributed by atoms with van der Waals surface area (Å²) in [6, 6.07) is 5.83. The summed E-state index contributed by atoms with van der Waals surface area (Å²) < 4.78 is 0. The van der Waals surface area contributed by atoms with Crippen molar-refractivity contribution in [3.8, 4) is 11.3 Å². The minimum Gasteiger partial charge on any atom is -0.396 e. The Bertz CT molecular complexity index is 1040. The topological polar surface area (TPSA) is 91.1 Å². The van der Waals surface area contributed by atoms with Gasteiger partial charge in [0.05, 0.1) is 16.4 Å². The second kappa shape index (κ2) is 6.98. The third kappa shape index (κ3) is 3.16. The number of nitrogens with zero attached hydrogens (tertiary/aromatic N) is 4. The molecule has 3 aromatic rings. The number of nitrogens with two attached hydrogens (primary N) is 1. The highest BCUT2D eigenvalue weighted by Crippen LogP contribution is 2.32. The average Bonchev–Trinajstić information content (AvgIpc) is 3.04. The smallest absolute Gasteiger partial charge is 0.220 e. The Morgan fingerprint density at radius 2 is 2.00 bits per heavy atom. The fraction of sp³-hybridized carbons (Fsp3) is 0.350. The van der Waals surface area contributed by atoms with Crippen LogP contribution in [0.4, 0.5) is 11.5 Å². The molecule has 146 valence electrons. The van der Waals surface area contributed by atoms with Crippen LogP contribution in [-0.4, -0.2) is 50.9 Å². The Balaban J connectivity index is 1.72. The number of fused-ring (bicyclic) bond motifs is 1. The molecular formula is C20H23ClN6O. The zero-order chi connectivity index (χ0) is 20.0. The molecule has 1 aliphatic rings. The van der Waals surface area contributed by atoms with Crippen molar-refractivity contribution < 1.29 is 4.79 Å². The third-order valence-corrected chi connectivity index (χ3v) is 5.47. The minimum atomic E-state index is 0.0854.